The monoisotopic (exact) mass is 658 g/mol. The van der Waals surface area contributed by atoms with Gasteiger partial charge in [-0.25, -0.2) is 14.4 Å². The van der Waals surface area contributed by atoms with E-state index in [2.05, 4.69) is 38.7 Å². The number of benzene rings is 3. The SMILES string of the molecule is CC(C)[C@H](NCCNC(=O)OCC1c2ccccc2-c2ccccc21)C(=O)N[C@@H](CCCNC(N)=O)C(=O)Nc1ccc(C(=O)O)cc1. The second-order valence-corrected chi connectivity index (χ2v) is 11.8. The van der Waals surface area contributed by atoms with Gasteiger partial charge in [0.2, 0.25) is 11.8 Å². The summed E-state index contributed by atoms with van der Waals surface area (Å²) < 4.78 is 5.58. The van der Waals surface area contributed by atoms with E-state index in [0.717, 1.165) is 22.3 Å². The van der Waals surface area contributed by atoms with Crippen molar-refractivity contribution in [3.05, 3.63) is 89.5 Å². The number of alkyl carbamates (subject to hydrolysis) is 1. The maximum Gasteiger partial charge on any atom is 0.407 e. The van der Waals surface area contributed by atoms with Gasteiger partial charge in [-0.05, 0) is 65.3 Å². The summed E-state index contributed by atoms with van der Waals surface area (Å²) in [5.74, 6) is -2.25. The Bertz CT molecular complexity index is 1570. The second kappa shape index (κ2) is 16.9. The fourth-order valence-electron chi connectivity index (χ4n) is 5.65. The Balaban J connectivity index is 1.28. The maximum absolute atomic E-state index is 13.4. The molecule has 13 nitrogen and oxygen atoms in total. The highest BCUT2D eigenvalue weighted by atomic mass is 16.5. The van der Waals surface area contributed by atoms with E-state index in [4.69, 9.17) is 15.6 Å². The van der Waals surface area contributed by atoms with Gasteiger partial charge in [-0.1, -0.05) is 62.4 Å². The molecule has 0 saturated carbocycles. The highest BCUT2D eigenvalue weighted by Gasteiger charge is 2.30. The van der Waals surface area contributed by atoms with Crippen molar-refractivity contribution in [2.24, 2.45) is 11.7 Å². The van der Waals surface area contributed by atoms with Gasteiger partial charge in [0.15, 0.2) is 0 Å². The van der Waals surface area contributed by atoms with Crippen LogP contribution in [0, 0.1) is 5.92 Å². The number of hydrogen-bond acceptors (Lipinski definition) is 7. The number of carbonyl (C=O) groups excluding carboxylic acids is 4. The molecule has 13 heteroatoms. The van der Waals surface area contributed by atoms with Crippen molar-refractivity contribution in [2.45, 2.75) is 44.7 Å². The van der Waals surface area contributed by atoms with Crippen molar-refractivity contribution < 1.29 is 33.8 Å². The molecule has 254 valence electrons. The van der Waals surface area contributed by atoms with Crippen molar-refractivity contribution in [3.8, 4) is 11.1 Å². The van der Waals surface area contributed by atoms with Crippen LogP contribution in [0.3, 0.4) is 0 Å². The highest BCUT2D eigenvalue weighted by molar-refractivity contribution is 5.98. The number of urea groups is 1. The Morgan fingerprint density at radius 3 is 2.02 bits per heavy atom. The van der Waals surface area contributed by atoms with Crippen LogP contribution in [0.1, 0.15) is 54.1 Å². The van der Waals surface area contributed by atoms with Gasteiger partial charge in [-0.15, -0.1) is 0 Å². The first-order valence-corrected chi connectivity index (χ1v) is 15.8. The van der Waals surface area contributed by atoms with Crippen LogP contribution in [0.4, 0.5) is 15.3 Å². The van der Waals surface area contributed by atoms with Crippen LogP contribution in [-0.4, -0.2) is 73.3 Å². The first-order chi connectivity index (χ1) is 23.0. The summed E-state index contributed by atoms with van der Waals surface area (Å²) >= 11 is 0. The molecular formula is C35H42N6O7. The van der Waals surface area contributed by atoms with Gasteiger partial charge in [0.25, 0.3) is 0 Å². The second-order valence-electron chi connectivity index (χ2n) is 11.8. The van der Waals surface area contributed by atoms with E-state index in [-0.39, 0.29) is 50.1 Å². The molecule has 0 fully saturated rings. The number of primary amides is 1. The zero-order chi connectivity index (χ0) is 34.6. The van der Waals surface area contributed by atoms with Crippen LogP contribution >= 0.6 is 0 Å². The minimum absolute atomic E-state index is 0.0591. The number of nitrogens with two attached hydrogens (primary N) is 1. The van der Waals surface area contributed by atoms with Crippen LogP contribution in [0.15, 0.2) is 72.8 Å². The van der Waals surface area contributed by atoms with Crippen LogP contribution in [0.5, 0.6) is 0 Å². The van der Waals surface area contributed by atoms with Crippen molar-refractivity contribution >= 4 is 35.6 Å². The molecule has 8 N–H and O–H groups in total. The normalized spacial score (nSPS) is 13.1. The zero-order valence-electron chi connectivity index (χ0n) is 27.0. The Morgan fingerprint density at radius 2 is 1.44 bits per heavy atom. The van der Waals surface area contributed by atoms with Crippen molar-refractivity contribution in [1.82, 2.24) is 21.3 Å². The van der Waals surface area contributed by atoms with Gasteiger partial charge in [0, 0.05) is 31.2 Å². The number of fused-ring (bicyclic) bond motifs is 3. The fourth-order valence-corrected chi connectivity index (χ4v) is 5.65. The minimum atomic E-state index is -1.10. The summed E-state index contributed by atoms with van der Waals surface area (Å²) in [7, 11) is 0. The van der Waals surface area contributed by atoms with E-state index in [9.17, 15) is 24.0 Å². The van der Waals surface area contributed by atoms with E-state index >= 15 is 0 Å². The quantitative estimate of drug-likeness (QED) is 0.114. The smallest absolute Gasteiger partial charge is 0.407 e. The molecule has 5 amide bonds. The molecular weight excluding hydrogens is 616 g/mol. The Morgan fingerprint density at radius 1 is 0.812 bits per heavy atom. The lowest BCUT2D eigenvalue weighted by molar-refractivity contribution is -0.128. The molecule has 0 bridgehead atoms. The third-order valence-electron chi connectivity index (χ3n) is 8.05. The van der Waals surface area contributed by atoms with Gasteiger partial charge in [-0.3, -0.25) is 9.59 Å². The average Bonchev–Trinajstić information content (AvgIpc) is 3.38. The summed E-state index contributed by atoms with van der Waals surface area (Å²) in [6.07, 6.45) is -0.0237. The number of carboxylic acids is 1. The molecule has 1 aliphatic rings. The predicted molar refractivity (Wildman–Crippen MR) is 180 cm³/mol. The van der Waals surface area contributed by atoms with Crippen molar-refractivity contribution in [3.63, 3.8) is 0 Å². The van der Waals surface area contributed by atoms with Crippen LogP contribution in [-0.2, 0) is 14.3 Å². The van der Waals surface area contributed by atoms with Crippen LogP contribution in [0.25, 0.3) is 11.1 Å². The summed E-state index contributed by atoms with van der Waals surface area (Å²) in [6.45, 7) is 4.55. The van der Waals surface area contributed by atoms with Gasteiger partial charge in [0.05, 0.1) is 11.6 Å². The average molecular weight is 659 g/mol. The molecule has 3 aromatic carbocycles. The van der Waals surface area contributed by atoms with E-state index in [1.54, 1.807) is 0 Å². The summed E-state index contributed by atoms with van der Waals surface area (Å²) in [6, 6.07) is 19.4. The molecule has 2 atom stereocenters. The van der Waals surface area contributed by atoms with E-state index in [0.29, 0.717) is 12.1 Å². The standard InChI is InChI=1S/C35H42N6O7/c1-21(2)30(32(43)41-29(12-7-17-38-34(36)46)31(42)40-23-15-13-22(14-16-23)33(44)45)37-18-19-39-35(47)48-20-28-26-10-5-3-8-24(26)25-9-4-6-11-27(25)28/h3-6,8-11,13-16,21,28-30,37H,7,12,17-20H2,1-2H3,(H,39,47)(H,40,42)(H,41,43)(H,44,45)(H3,36,38,46)/t29-,30-/m0/s1. The lowest BCUT2D eigenvalue weighted by Gasteiger charge is -2.25. The number of amides is 5. The van der Waals surface area contributed by atoms with Gasteiger partial charge in [-0.2, -0.15) is 0 Å². The summed E-state index contributed by atoms with van der Waals surface area (Å²) in [4.78, 5) is 61.3. The minimum Gasteiger partial charge on any atom is -0.478 e. The molecule has 0 unspecified atom stereocenters. The first-order valence-electron chi connectivity index (χ1n) is 15.8. The molecule has 0 heterocycles. The van der Waals surface area contributed by atoms with Gasteiger partial charge < -0.3 is 42.2 Å². The summed E-state index contributed by atoms with van der Waals surface area (Å²) in [5.41, 5.74) is 10.1. The predicted octanol–water partition coefficient (Wildman–Crippen LogP) is 3.41. The van der Waals surface area contributed by atoms with E-state index in [1.165, 1.54) is 24.3 Å². The molecule has 0 aliphatic heterocycles. The molecule has 3 aromatic rings. The van der Waals surface area contributed by atoms with Gasteiger partial charge >= 0.3 is 18.1 Å². The lowest BCUT2D eigenvalue weighted by Crippen LogP contribution is -2.54. The maximum atomic E-state index is 13.4. The Labute approximate surface area is 279 Å². The largest absolute Gasteiger partial charge is 0.478 e. The molecule has 0 saturated heterocycles. The lowest BCUT2D eigenvalue weighted by atomic mass is 9.98. The van der Waals surface area contributed by atoms with Crippen molar-refractivity contribution in [1.29, 1.82) is 0 Å². The van der Waals surface area contributed by atoms with E-state index < -0.39 is 42.0 Å². The Hall–Kier alpha value is -5.43. The number of aromatic carboxylic acids is 1. The van der Waals surface area contributed by atoms with Gasteiger partial charge in [0.1, 0.15) is 12.6 Å². The number of rotatable bonds is 16. The number of ether oxygens (including phenoxy) is 1. The number of anilines is 1. The molecule has 48 heavy (non-hydrogen) atoms. The number of nitrogens with one attached hydrogen (secondary N) is 5. The number of carbonyl (C=O) groups is 5. The topological polar surface area (TPSA) is 201 Å². The van der Waals surface area contributed by atoms with Crippen LogP contribution in [0.2, 0.25) is 0 Å². The molecule has 0 aromatic heterocycles. The number of carboxylic acid groups (broad SMARTS) is 1. The molecule has 0 spiro atoms. The van der Waals surface area contributed by atoms with Crippen LogP contribution < -0.4 is 32.3 Å². The first kappa shape index (κ1) is 35.4. The highest BCUT2D eigenvalue weighted by Crippen LogP contribution is 2.44. The third-order valence-corrected chi connectivity index (χ3v) is 8.05. The molecule has 0 radical (unpaired) electrons. The zero-order valence-corrected chi connectivity index (χ0v) is 27.0. The molecule has 4 rings (SSSR count). The van der Waals surface area contributed by atoms with E-state index in [1.807, 2.05) is 50.2 Å². The third kappa shape index (κ3) is 9.55. The summed E-state index contributed by atoms with van der Waals surface area (Å²) in [5, 5.41) is 22.9. The fraction of sp³-hybridized carbons (Fsp3) is 0.343. The number of hydrogen-bond donors (Lipinski definition) is 7. The molecule has 1 aliphatic carbocycles. The van der Waals surface area contributed by atoms with Crippen molar-refractivity contribution in [2.75, 3.05) is 31.6 Å². The Kier molecular flexibility index (Phi) is 12.5.